The van der Waals surface area contributed by atoms with Crippen LogP contribution in [0.25, 0.3) is 0 Å². The molecule has 1 aromatic rings. The van der Waals surface area contributed by atoms with E-state index in [1.807, 2.05) is 18.2 Å². The summed E-state index contributed by atoms with van der Waals surface area (Å²) in [6.45, 7) is 5.77. The summed E-state index contributed by atoms with van der Waals surface area (Å²) < 4.78 is 5.92. The van der Waals surface area contributed by atoms with Crippen molar-refractivity contribution < 1.29 is 9.53 Å². The lowest BCUT2D eigenvalue weighted by Gasteiger charge is -2.36. The van der Waals surface area contributed by atoms with Crippen molar-refractivity contribution in [3.63, 3.8) is 0 Å². The zero-order chi connectivity index (χ0) is 20.9. The van der Waals surface area contributed by atoms with Gasteiger partial charge in [0.2, 0.25) is 5.91 Å². The van der Waals surface area contributed by atoms with E-state index in [0.29, 0.717) is 29.0 Å². The SMILES string of the molecule is O=C1CCC2C=CC(OCCCCN3CCN(c4cccc(Cl)c4Cl)CC3)=CC2N1. The van der Waals surface area contributed by atoms with Crippen LogP contribution in [0.3, 0.4) is 0 Å². The van der Waals surface area contributed by atoms with E-state index in [1.165, 1.54) is 0 Å². The summed E-state index contributed by atoms with van der Waals surface area (Å²) in [5.74, 6) is 1.43. The standard InChI is InChI=1S/C23H29Cl2N3O2/c24-19-4-3-5-21(23(19)25)28-13-11-27(12-14-28)10-1-2-15-30-18-8-6-17-7-9-22(29)26-20(17)16-18/h3-6,8,16-17,20H,1-2,7,9-15H2,(H,26,29). The van der Waals surface area contributed by atoms with Gasteiger partial charge in [-0.25, -0.2) is 0 Å². The zero-order valence-electron chi connectivity index (χ0n) is 17.2. The van der Waals surface area contributed by atoms with Crippen LogP contribution in [0.2, 0.25) is 10.0 Å². The van der Waals surface area contributed by atoms with Gasteiger partial charge >= 0.3 is 0 Å². The van der Waals surface area contributed by atoms with Crippen LogP contribution < -0.4 is 10.2 Å². The van der Waals surface area contributed by atoms with E-state index in [4.69, 9.17) is 27.9 Å². The summed E-state index contributed by atoms with van der Waals surface area (Å²) in [6.07, 6.45) is 9.96. The first-order valence-corrected chi connectivity index (χ1v) is 11.6. The van der Waals surface area contributed by atoms with Gasteiger partial charge in [0.05, 0.1) is 28.4 Å². The lowest BCUT2D eigenvalue weighted by atomic mass is 9.87. The van der Waals surface area contributed by atoms with Crippen LogP contribution in [-0.2, 0) is 9.53 Å². The Morgan fingerprint density at radius 3 is 2.80 bits per heavy atom. The first-order valence-electron chi connectivity index (χ1n) is 10.8. The lowest BCUT2D eigenvalue weighted by molar-refractivity contribution is -0.123. The topological polar surface area (TPSA) is 44.8 Å². The van der Waals surface area contributed by atoms with Crippen LogP contribution in [0.4, 0.5) is 5.69 Å². The number of hydrogen-bond acceptors (Lipinski definition) is 4. The highest BCUT2D eigenvalue weighted by Crippen LogP contribution is 2.33. The Hall–Kier alpha value is -1.69. The number of nitrogens with one attached hydrogen (secondary N) is 1. The summed E-state index contributed by atoms with van der Waals surface area (Å²) in [7, 11) is 0. The van der Waals surface area contributed by atoms with Crippen molar-refractivity contribution in [2.45, 2.75) is 31.7 Å². The van der Waals surface area contributed by atoms with Gasteiger partial charge in [-0.2, -0.15) is 0 Å². The maximum Gasteiger partial charge on any atom is 0.220 e. The van der Waals surface area contributed by atoms with Gasteiger partial charge in [-0.05, 0) is 50.1 Å². The van der Waals surface area contributed by atoms with Gasteiger partial charge in [-0.1, -0.05) is 35.3 Å². The summed E-state index contributed by atoms with van der Waals surface area (Å²) in [4.78, 5) is 16.4. The number of halogens is 2. The summed E-state index contributed by atoms with van der Waals surface area (Å²) >= 11 is 12.5. The number of carbonyl (C=O) groups excluding carboxylic acids is 1. The van der Waals surface area contributed by atoms with Crippen LogP contribution in [0, 0.1) is 5.92 Å². The number of fused-ring (bicyclic) bond motifs is 1. The Labute approximate surface area is 188 Å². The molecule has 4 rings (SSSR count). The average Bonchev–Trinajstić information content (AvgIpc) is 2.76. The Balaban J connectivity index is 1.13. The molecule has 0 aromatic heterocycles. The van der Waals surface area contributed by atoms with Gasteiger partial charge in [-0.15, -0.1) is 0 Å². The van der Waals surface area contributed by atoms with Crippen molar-refractivity contribution in [1.82, 2.24) is 10.2 Å². The number of carbonyl (C=O) groups is 1. The van der Waals surface area contributed by atoms with Crippen LogP contribution in [0.5, 0.6) is 0 Å². The fourth-order valence-electron chi connectivity index (χ4n) is 4.35. The number of unbranched alkanes of at least 4 members (excludes halogenated alkanes) is 1. The maximum absolute atomic E-state index is 11.6. The van der Waals surface area contributed by atoms with Crippen molar-refractivity contribution in [2.75, 3.05) is 44.2 Å². The molecule has 2 heterocycles. The summed E-state index contributed by atoms with van der Waals surface area (Å²) in [5, 5.41) is 4.30. The summed E-state index contributed by atoms with van der Waals surface area (Å²) in [5.41, 5.74) is 1.03. The molecular weight excluding hydrogens is 421 g/mol. The highest BCUT2D eigenvalue weighted by atomic mass is 35.5. The first kappa shape index (κ1) is 21.5. The van der Waals surface area contributed by atoms with Crippen LogP contribution in [0.1, 0.15) is 25.7 Å². The number of rotatable bonds is 7. The first-order chi connectivity index (χ1) is 14.6. The van der Waals surface area contributed by atoms with Crippen LogP contribution in [-0.4, -0.2) is 56.2 Å². The molecule has 5 nitrogen and oxygen atoms in total. The number of amides is 1. The number of benzene rings is 1. The Morgan fingerprint density at radius 1 is 1.13 bits per heavy atom. The molecule has 2 atom stereocenters. The minimum absolute atomic E-state index is 0.0931. The third-order valence-electron chi connectivity index (χ3n) is 6.13. The highest BCUT2D eigenvalue weighted by Gasteiger charge is 2.28. The van der Waals surface area contributed by atoms with Crippen molar-refractivity contribution in [3.8, 4) is 0 Å². The molecule has 2 fully saturated rings. The Kier molecular flexibility index (Phi) is 7.24. The molecule has 1 aliphatic carbocycles. The monoisotopic (exact) mass is 449 g/mol. The molecule has 30 heavy (non-hydrogen) atoms. The van der Waals surface area contributed by atoms with Gasteiger partial charge in [0.25, 0.3) is 0 Å². The predicted octanol–water partition coefficient (Wildman–Crippen LogP) is 4.26. The number of hydrogen-bond donors (Lipinski definition) is 1. The molecular formula is C23H29Cl2N3O2. The van der Waals surface area contributed by atoms with E-state index in [-0.39, 0.29) is 11.9 Å². The van der Waals surface area contributed by atoms with Gasteiger partial charge in [0.15, 0.2) is 0 Å². The quantitative estimate of drug-likeness (QED) is 0.631. The van der Waals surface area contributed by atoms with Crippen molar-refractivity contribution in [1.29, 1.82) is 0 Å². The molecule has 2 saturated heterocycles. The second-order valence-electron chi connectivity index (χ2n) is 8.18. The fraction of sp³-hybridized carbons (Fsp3) is 0.522. The zero-order valence-corrected chi connectivity index (χ0v) is 18.7. The molecule has 2 aliphatic heterocycles. The Bertz CT molecular complexity index is 819. The molecule has 1 aromatic carbocycles. The van der Waals surface area contributed by atoms with E-state index >= 15 is 0 Å². The van der Waals surface area contributed by atoms with Crippen molar-refractivity contribution in [3.05, 3.63) is 52.2 Å². The fourth-order valence-corrected chi connectivity index (χ4v) is 4.76. The number of nitrogens with zero attached hydrogens (tertiary/aromatic N) is 2. The van der Waals surface area contributed by atoms with E-state index in [0.717, 1.165) is 63.4 Å². The van der Waals surface area contributed by atoms with Gasteiger partial charge in [0.1, 0.15) is 5.76 Å². The van der Waals surface area contributed by atoms with Crippen molar-refractivity contribution in [2.24, 2.45) is 5.92 Å². The highest BCUT2D eigenvalue weighted by molar-refractivity contribution is 6.43. The third kappa shape index (κ3) is 5.32. The van der Waals surface area contributed by atoms with Crippen molar-refractivity contribution >= 4 is 34.8 Å². The molecule has 7 heteroatoms. The minimum atomic E-state index is 0.0931. The van der Waals surface area contributed by atoms with E-state index in [2.05, 4.69) is 33.3 Å². The molecule has 0 bridgehead atoms. The van der Waals surface area contributed by atoms with E-state index in [1.54, 1.807) is 0 Å². The van der Waals surface area contributed by atoms with Crippen LogP contribution >= 0.6 is 23.2 Å². The lowest BCUT2D eigenvalue weighted by Crippen LogP contribution is -2.46. The average molecular weight is 450 g/mol. The van der Waals surface area contributed by atoms with E-state index < -0.39 is 0 Å². The molecule has 3 aliphatic rings. The normalized spacial score (nSPS) is 24.3. The number of allylic oxidation sites excluding steroid dienone is 1. The summed E-state index contributed by atoms with van der Waals surface area (Å²) in [6, 6.07) is 5.91. The molecule has 0 spiro atoms. The second-order valence-corrected chi connectivity index (χ2v) is 8.97. The number of piperidine rings is 1. The Morgan fingerprint density at radius 2 is 1.97 bits per heavy atom. The molecule has 2 unspecified atom stereocenters. The number of piperazine rings is 1. The molecule has 162 valence electrons. The van der Waals surface area contributed by atoms with E-state index in [9.17, 15) is 4.79 Å². The number of anilines is 1. The largest absolute Gasteiger partial charge is 0.494 e. The molecule has 0 radical (unpaired) electrons. The molecule has 1 N–H and O–H groups in total. The van der Waals surface area contributed by atoms with Gasteiger partial charge in [0, 0.05) is 38.5 Å². The smallest absolute Gasteiger partial charge is 0.220 e. The third-order valence-corrected chi connectivity index (χ3v) is 6.94. The predicted molar refractivity (Wildman–Crippen MR) is 122 cm³/mol. The maximum atomic E-state index is 11.6. The number of ether oxygens (including phenoxy) is 1. The van der Waals surface area contributed by atoms with Gasteiger partial charge in [-0.3, -0.25) is 9.69 Å². The minimum Gasteiger partial charge on any atom is -0.494 e. The molecule has 1 amide bonds. The van der Waals surface area contributed by atoms with Crippen LogP contribution in [0.15, 0.2) is 42.2 Å². The second kappa shape index (κ2) is 10.1. The van der Waals surface area contributed by atoms with Gasteiger partial charge < -0.3 is 15.0 Å². The molecule has 0 saturated carbocycles.